The molecule has 2 saturated heterocycles. The first kappa shape index (κ1) is 11.0. The average Bonchev–Trinajstić information content (AvgIpc) is 2.52. The molecular formula is C10H17NO4. The van der Waals surface area contributed by atoms with E-state index in [9.17, 15) is 4.79 Å². The van der Waals surface area contributed by atoms with Crippen molar-refractivity contribution >= 4 is 6.29 Å². The molecule has 0 radical (unpaired) electrons. The van der Waals surface area contributed by atoms with E-state index >= 15 is 0 Å². The third-order valence-corrected chi connectivity index (χ3v) is 2.61. The van der Waals surface area contributed by atoms with Crippen LogP contribution in [0.4, 0.5) is 0 Å². The molecule has 0 aromatic carbocycles. The summed E-state index contributed by atoms with van der Waals surface area (Å²) in [5.74, 6) is -0.605. The summed E-state index contributed by atoms with van der Waals surface area (Å²) in [6, 6.07) is 0. The Morgan fingerprint density at radius 3 is 3.00 bits per heavy atom. The first-order valence-electron chi connectivity index (χ1n) is 5.27. The predicted molar refractivity (Wildman–Crippen MR) is 52.2 cm³/mol. The van der Waals surface area contributed by atoms with Gasteiger partial charge in [0, 0.05) is 13.0 Å². The topological polar surface area (TPSA) is 56.8 Å². The summed E-state index contributed by atoms with van der Waals surface area (Å²) < 4.78 is 16.8. The summed E-state index contributed by atoms with van der Waals surface area (Å²) in [5.41, 5.74) is 0. The minimum Gasteiger partial charge on any atom is -0.350 e. The second-order valence-corrected chi connectivity index (χ2v) is 4.33. The van der Waals surface area contributed by atoms with Crippen molar-refractivity contribution in [2.24, 2.45) is 0 Å². The molecule has 0 aromatic rings. The Morgan fingerprint density at radius 2 is 2.27 bits per heavy atom. The molecule has 2 aliphatic heterocycles. The first-order chi connectivity index (χ1) is 7.11. The van der Waals surface area contributed by atoms with Crippen molar-refractivity contribution < 1.29 is 19.0 Å². The molecule has 2 fully saturated rings. The predicted octanol–water partition coefficient (Wildman–Crippen LogP) is 0.0414. The standard InChI is InChI=1S/C10H17NO4/c1-10(2)13-4-3-11-9-8(15-10)5-7(6-12)14-9/h6-9,11H,3-5H2,1-2H3/t7-,8+,9?/m0/s1. The second-order valence-electron chi connectivity index (χ2n) is 4.33. The van der Waals surface area contributed by atoms with E-state index in [1.54, 1.807) is 0 Å². The summed E-state index contributed by atoms with van der Waals surface area (Å²) >= 11 is 0. The van der Waals surface area contributed by atoms with Crippen LogP contribution in [0.2, 0.25) is 0 Å². The molecule has 0 spiro atoms. The van der Waals surface area contributed by atoms with Gasteiger partial charge in [-0.25, -0.2) is 0 Å². The van der Waals surface area contributed by atoms with Crippen LogP contribution in [0.1, 0.15) is 20.3 Å². The molecule has 5 nitrogen and oxygen atoms in total. The van der Waals surface area contributed by atoms with E-state index in [2.05, 4.69) is 5.32 Å². The Labute approximate surface area is 89.1 Å². The molecule has 5 heteroatoms. The zero-order valence-corrected chi connectivity index (χ0v) is 9.06. The average molecular weight is 215 g/mol. The van der Waals surface area contributed by atoms with Gasteiger partial charge in [0.05, 0.1) is 6.61 Å². The Morgan fingerprint density at radius 1 is 1.47 bits per heavy atom. The van der Waals surface area contributed by atoms with E-state index in [0.29, 0.717) is 19.6 Å². The Kier molecular flexibility index (Phi) is 3.06. The number of hydrogen-bond acceptors (Lipinski definition) is 5. The maximum Gasteiger partial charge on any atom is 0.163 e. The molecule has 3 atom stereocenters. The van der Waals surface area contributed by atoms with Crippen molar-refractivity contribution in [1.29, 1.82) is 0 Å². The van der Waals surface area contributed by atoms with Crippen LogP contribution in [0, 0.1) is 0 Å². The lowest BCUT2D eigenvalue weighted by Crippen LogP contribution is -2.48. The zero-order chi connectivity index (χ0) is 10.9. The lowest BCUT2D eigenvalue weighted by Gasteiger charge is -2.34. The monoisotopic (exact) mass is 215 g/mol. The minimum atomic E-state index is -0.605. The fraction of sp³-hybridized carbons (Fsp3) is 0.900. The quantitative estimate of drug-likeness (QED) is 0.626. The van der Waals surface area contributed by atoms with E-state index in [1.165, 1.54) is 0 Å². The highest BCUT2D eigenvalue weighted by atomic mass is 16.7. The maximum atomic E-state index is 10.6. The molecule has 2 heterocycles. The van der Waals surface area contributed by atoms with E-state index in [-0.39, 0.29) is 18.4 Å². The van der Waals surface area contributed by atoms with Crippen LogP contribution >= 0.6 is 0 Å². The lowest BCUT2D eigenvalue weighted by atomic mass is 10.2. The summed E-state index contributed by atoms with van der Waals surface area (Å²) in [6.07, 6.45) is 0.748. The highest BCUT2D eigenvalue weighted by molar-refractivity contribution is 5.56. The van der Waals surface area contributed by atoms with Crippen molar-refractivity contribution in [1.82, 2.24) is 5.32 Å². The number of carbonyl (C=O) groups excluding carboxylic acids is 1. The maximum absolute atomic E-state index is 10.6. The van der Waals surface area contributed by atoms with Crippen molar-refractivity contribution in [3.05, 3.63) is 0 Å². The molecule has 1 unspecified atom stereocenters. The van der Waals surface area contributed by atoms with Gasteiger partial charge in [-0.05, 0) is 13.8 Å². The van der Waals surface area contributed by atoms with Gasteiger partial charge in [0.15, 0.2) is 5.79 Å². The molecule has 1 N–H and O–H groups in total. The Bertz CT molecular complexity index is 244. The van der Waals surface area contributed by atoms with Gasteiger partial charge < -0.3 is 19.0 Å². The van der Waals surface area contributed by atoms with Crippen LogP contribution in [0.25, 0.3) is 0 Å². The third-order valence-electron chi connectivity index (χ3n) is 2.61. The molecule has 2 rings (SSSR count). The van der Waals surface area contributed by atoms with Crippen molar-refractivity contribution in [2.75, 3.05) is 13.2 Å². The van der Waals surface area contributed by atoms with Crippen LogP contribution in [0.3, 0.4) is 0 Å². The van der Waals surface area contributed by atoms with Gasteiger partial charge in [0.25, 0.3) is 0 Å². The molecular weight excluding hydrogens is 198 g/mol. The van der Waals surface area contributed by atoms with Gasteiger partial charge in [0.1, 0.15) is 24.7 Å². The first-order valence-corrected chi connectivity index (χ1v) is 5.27. The molecule has 0 saturated carbocycles. The van der Waals surface area contributed by atoms with Crippen LogP contribution in [0.15, 0.2) is 0 Å². The van der Waals surface area contributed by atoms with Crippen LogP contribution in [-0.2, 0) is 19.0 Å². The minimum absolute atomic E-state index is 0.115. The number of aldehydes is 1. The summed E-state index contributed by atoms with van der Waals surface area (Å²) in [6.45, 7) is 5.04. The van der Waals surface area contributed by atoms with Crippen molar-refractivity contribution in [2.45, 2.75) is 44.5 Å². The largest absolute Gasteiger partial charge is 0.350 e. The molecule has 15 heavy (non-hydrogen) atoms. The normalized spacial score (nSPS) is 40.3. The number of rotatable bonds is 1. The number of ether oxygens (including phenoxy) is 3. The van der Waals surface area contributed by atoms with Gasteiger partial charge in [-0.3, -0.25) is 5.32 Å². The number of nitrogens with one attached hydrogen (secondary N) is 1. The van der Waals surface area contributed by atoms with E-state index in [4.69, 9.17) is 14.2 Å². The number of fused-ring (bicyclic) bond motifs is 1. The SMILES string of the molecule is CC1(C)OCCNC2O[C@H](C=O)C[C@H]2O1. The van der Waals surface area contributed by atoms with Crippen LogP contribution < -0.4 is 5.32 Å². The fourth-order valence-electron chi connectivity index (χ4n) is 1.96. The molecule has 0 amide bonds. The van der Waals surface area contributed by atoms with Crippen LogP contribution in [-0.4, -0.2) is 43.7 Å². The number of hydrogen-bond donors (Lipinski definition) is 1. The molecule has 86 valence electrons. The van der Waals surface area contributed by atoms with Gasteiger partial charge in [0.2, 0.25) is 0 Å². The Balaban J connectivity index is 2.04. The molecule has 2 aliphatic rings. The van der Waals surface area contributed by atoms with E-state index in [1.807, 2.05) is 13.8 Å². The van der Waals surface area contributed by atoms with E-state index < -0.39 is 5.79 Å². The third kappa shape index (κ3) is 2.55. The highest BCUT2D eigenvalue weighted by Gasteiger charge is 2.40. The van der Waals surface area contributed by atoms with Gasteiger partial charge in [-0.1, -0.05) is 0 Å². The second kappa shape index (κ2) is 4.17. The van der Waals surface area contributed by atoms with Gasteiger partial charge >= 0.3 is 0 Å². The lowest BCUT2D eigenvalue weighted by molar-refractivity contribution is -0.254. The Hall–Kier alpha value is -0.490. The van der Waals surface area contributed by atoms with Crippen LogP contribution in [0.5, 0.6) is 0 Å². The molecule has 0 bridgehead atoms. The van der Waals surface area contributed by atoms with Crippen molar-refractivity contribution in [3.8, 4) is 0 Å². The smallest absolute Gasteiger partial charge is 0.163 e. The summed E-state index contributed by atoms with van der Waals surface area (Å²) in [7, 11) is 0. The molecule has 0 aromatic heterocycles. The van der Waals surface area contributed by atoms with Crippen molar-refractivity contribution in [3.63, 3.8) is 0 Å². The fourth-order valence-corrected chi connectivity index (χ4v) is 1.96. The summed E-state index contributed by atoms with van der Waals surface area (Å²) in [4.78, 5) is 10.6. The zero-order valence-electron chi connectivity index (χ0n) is 9.06. The van der Waals surface area contributed by atoms with Gasteiger partial charge in [-0.2, -0.15) is 0 Å². The van der Waals surface area contributed by atoms with Gasteiger partial charge in [-0.15, -0.1) is 0 Å². The highest BCUT2D eigenvalue weighted by Crippen LogP contribution is 2.27. The summed E-state index contributed by atoms with van der Waals surface area (Å²) in [5, 5.41) is 3.15. The van der Waals surface area contributed by atoms with E-state index in [0.717, 1.165) is 6.29 Å². The number of carbonyl (C=O) groups is 1. The molecule has 0 aliphatic carbocycles.